The van der Waals surface area contributed by atoms with Gasteiger partial charge in [-0.2, -0.15) is 5.10 Å². The molecule has 0 spiro atoms. The number of nitrogens with one attached hydrogen (secondary N) is 1. The van der Waals surface area contributed by atoms with Gasteiger partial charge >= 0.3 is 5.97 Å². The highest BCUT2D eigenvalue weighted by molar-refractivity contribution is 6.32. The Kier molecular flexibility index (Phi) is 9.63. The molecule has 2 heterocycles. The van der Waals surface area contributed by atoms with Gasteiger partial charge in [0.05, 0.1) is 17.8 Å². The Morgan fingerprint density at radius 1 is 1.07 bits per heavy atom. The third-order valence-electron chi connectivity index (χ3n) is 7.66. The number of rotatable bonds is 13. The second kappa shape index (κ2) is 13.6. The van der Waals surface area contributed by atoms with Crippen LogP contribution < -0.4 is 24.3 Å². The van der Waals surface area contributed by atoms with Gasteiger partial charge in [-0.25, -0.2) is 0 Å². The van der Waals surface area contributed by atoms with Crippen LogP contribution in [0.5, 0.6) is 23.0 Å². The van der Waals surface area contributed by atoms with Gasteiger partial charge < -0.3 is 29.2 Å². The Balaban J connectivity index is 1.37. The van der Waals surface area contributed by atoms with E-state index >= 15 is 0 Å². The van der Waals surface area contributed by atoms with E-state index in [1.165, 1.54) is 6.92 Å². The molecule has 3 N–H and O–H groups in total. The number of carboxylic acid groups (broad SMARTS) is 1. The van der Waals surface area contributed by atoms with Crippen molar-refractivity contribution in [3.05, 3.63) is 88.2 Å². The minimum Gasteiger partial charge on any atom is -0.488 e. The average molecular weight is 622 g/mol. The Hall–Kier alpha value is -4.25. The zero-order valence-corrected chi connectivity index (χ0v) is 25.7. The number of aryl methyl sites for hydroxylation is 1. The molecule has 0 amide bonds. The summed E-state index contributed by atoms with van der Waals surface area (Å²) in [4.78, 5) is 11.7. The Labute approximate surface area is 261 Å². The molecule has 5 rings (SSSR count). The maximum Gasteiger partial charge on any atom is 0.326 e. The second-order valence-corrected chi connectivity index (χ2v) is 11.2. The summed E-state index contributed by atoms with van der Waals surface area (Å²) in [5.74, 6) is 1.19. The van der Waals surface area contributed by atoms with Crippen molar-refractivity contribution in [2.24, 2.45) is 0 Å². The molecule has 232 valence electrons. The van der Waals surface area contributed by atoms with Crippen LogP contribution in [0.2, 0.25) is 5.02 Å². The topological polar surface area (TPSA) is 124 Å². The molecule has 44 heavy (non-hydrogen) atoms. The lowest BCUT2D eigenvalue weighted by atomic mass is 9.96. The highest BCUT2D eigenvalue weighted by Gasteiger charge is 2.32. The van der Waals surface area contributed by atoms with Gasteiger partial charge in [-0.15, -0.1) is 0 Å². The first-order chi connectivity index (χ1) is 21.2. The van der Waals surface area contributed by atoms with E-state index < -0.39 is 18.1 Å². The standard InChI is InChI=1S/C33H36ClN3O7/c1-4-37-17-22(15-36-37)18-43-29-14-30(27(34)12-25(29)16-35-33(3,20-38)32(39)40)44-19-24-6-5-7-26(21(24)2)23-8-9-28-31(13-23)42-11-10-41-28/h5-9,12-15,17,35,38H,4,10-11,16,18-20H2,1-3H3,(H,39,40)/t33-/m0/s1. The van der Waals surface area contributed by atoms with Crippen LogP contribution in [0, 0.1) is 6.92 Å². The number of fused-ring (bicyclic) bond motifs is 1. The van der Waals surface area contributed by atoms with Crippen LogP contribution in [0.3, 0.4) is 0 Å². The monoisotopic (exact) mass is 621 g/mol. The van der Waals surface area contributed by atoms with Crippen LogP contribution in [0.4, 0.5) is 0 Å². The molecule has 0 fully saturated rings. The first kappa shape index (κ1) is 31.2. The van der Waals surface area contributed by atoms with E-state index in [0.717, 1.165) is 45.9 Å². The van der Waals surface area contributed by atoms with Crippen molar-refractivity contribution in [3.8, 4) is 34.1 Å². The zero-order valence-electron chi connectivity index (χ0n) is 24.9. The fourth-order valence-electron chi connectivity index (χ4n) is 4.78. The summed E-state index contributed by atoms with van der Waals surface area (Å²) in [6.07, 6.45) is 3.63. The van der Waals surface area contributed by atoms with Gasteiger partial charge in [0.25, 0.3) is 0 Å². The molecule has 0 radical (unpaired) electrons. The van der Waals surface area contributed by atoms with Gasteiger partial charge in [-0.1, -0.05) is 35.9 Å². The van der Waals surface area contributed by atoms with Crippen LogP contribution >= 0.6 is 11.6 Å². The highest BCUT2D eigenvalue weighted by atomic mass is 35.5. The van der Waals surface area contributed by atoms with Gasteiger partial charge in [0, 0.05) is 36.5 Å². The summed E-state index contributed by atoms with van der Waals surface area (Å²) in [6.45, 7) is 7.25. The zero-order chi connectivity index (χ0) is 31.3. The van der Waals surface area contributed by atoms with Crippen molar-refractivity contribution >= 4 is 17.6 Å². The quantitative estimate of drug-likeness (QED) is 0.180. The number of benzene rings is 3. The van der Waals surface area contributed by atoms with E-state index in [4.69, 9.17) is 30.5 Å². The number of halogens is 1. The SMILES string of the molecule is CCn1cc(COc2cc(OCc3cccc(-c4ccc5c(c4)OCCO5)c3C)c(Cl)cc2CN[C@@](C)(CO)C(=O)O)cn1. The number of aliphatic carboxylic acids is 1. The van der Waals surface area contributed by atoms with E-state index in [9.17, 15) is 15.0 Å². The number of ether oxygens (including phenoxy) is 4. The number of aromatic nitrogens is 2. The molecule has 10 nitrogen and oxygen atoms in total. The summed E-state index contributed by atoms with van der Waals surface area (Å²) in [6, 6.07) is 15.4. The van der Waals surface area contributed by atoms with Gasteiger partial charge in [-0.3, -0.25) is 14.8 Å². The molecule has 3 aromatic carbocycles. The number of aliphatic hydroxyl groups excluding tert-OH is 1. The highest BCUT2D eigenvalue weighted by Crippen LogP contribution is 2.37. The lowest BCUT2D eigenvalue weighted by Gasteiger charge is -2.25. The molecule has 1 aliphatic rings. The molecule has 1 aliphatic heterocycles. The fraction of sp³-hybridized carbons (Fsp3) is 0.333. The smallest absolute Gasteiger partial charge is 0.326 e. The first-order valence-corrected chi connectivity index (χ1v) is 14.8. The number of hydrogen-bond donors (Lipinski definition) is 3. The van der Waals surface area contributed by atoms with E-state index in [1.807, 2.05) is 50.4 Å². The maximum atomic E-state index is 11.7. The Morgan fingerprint density at radius 3 is 2.57 bits per heavy atom. The van der Waals surface area contributed by atoms with E-state index in [-0.39, 0.29) is 19.8 Å². The van der Waals surface area contributed by atoms with Gasteiger partial charge in [-0.05, 0) is 61.2 Å². The van der Waals surface area contributed by atoms with Crippen LogP contribution in [0.15, 0.2) is 60.9 Å². The van der Waals surface area contributed by atoms with Crippen molar-refractivity contribution in [3.63, 3.8) is 0 Å². The molecular weight excluding hydrogens is 586 g/mol. The number of nitrogens with zero attached hydrogens (tertiary/aromatic N) is 2. The maximum absolute atomic E-state index is 11.7. The molecular formula is C33H36ClN3O7. The second-order valence-electron chi connectivity index (χ2n) is 10.8. The molecule has 0 saturated heterocycles. The molecule has 0 bridgehead atoms. The molecule has 1 aromatic heterocycles. The molecule has 0 unspecified atom stereocenters. The summed E-state index contributed by atoms with van der Waals surface area (Å²) in [7, 11) is 0. The summed E-state index contributed by atoms with van der Waals surface area (Å²) in [5, 5.41) is 26.8. The lowest BCUT2D eigenvalue weighted by Crippen LogP contribution is -2.52. The summed E-state index contributed by atoms with van der Waals surface area (Å²) in [5.41, 5.74) is 4.06. The summed E-state index contributed by atoms with van der Waals surface area (Å²) < 4.78 is 25.7. The van der Waals surface area contributed by atoms with Crippen LogP contribution in [0.1, 0.15) is 36.1 Å². The van der Waals surface area contributed by atoms with Crippen molar-refractivity contribution in [2.45, 2.75) is 52.6 Å². The normalized spacial score (nSPS) is 13.8. The molecule has 11 heteroatoms. The molecule has 4 aromatic rings. The van der Waals surface area contributed by atoms with Crippen molar-refractivity contribution < 1.29 is 34.0 Å². The van der Waals surface area contributed by atoms with Crippen LogP contribution in [-0.2, 0) is 31.1 Å². The average Bonchev–Trinajstić information content (AvgIpc) is 3.51. The largest absolute Gasteiger partial charge is 0.488 e. The van der Waals surface area contributed by atoms with E-state index in [2.05, 4.69) is 16.5 Å². The lowest BCUT2D eigenvalue weighted by molar-refractivity contribution is -0.145. The fourth-order valence-corrected chi connectivity index (χ4v) is 5.02. The predicted octanol–water partition coefficient (Wildman–Crippen LogP) is 5.39. The third-order valence-corrected chi connectivity index (χ3v) is 7.96. The van der Waals surface area contributed by atoms with Crippen molar-refractivity contribution in [1.82, 2.24) is 15.1 Å². The Morgan fingerprint density at radius 2 is 1.84 bits per heavy atom. The van der Waals surface area contributed by atoms with Crippen molar-refractivity contribution in [1.29, 1.82) is 0 Å². The minimum absolute atomic E-state index is 0.0869. The number of hydrogen-bond acceptors (Lipinski definition) is 8. The van der Waals surface area contributed by atoms with Crippen molar-refractivity contribution in [2.75, 3.05) is 19.8 Å². The molecule has 1 atom stereocenters. The number of carbonyl (C=O) groups is 1. The van der Waals surface area contributed by atoms with Gasteiger partial charge in [0.15, 0.2) is 11.5 Å². The van der Waals surface area contributed by atoms with E-state index in [1.54, 1.807) is 23.0 Å². The molecule has 0 saturated carbocycles. The summed E-state index contributed by atoms with van der Waals surface area (Å²) >= 11 is 6.67. The Bertz CT molecular complexity index is 1640. The van der Waals surface area contributed by atoms with Gasteiger partial charge in [0.1, 0.15) is 43.5 Å². The number of carboxylic acids is 1. The minimum atomic E-state index is -1.54. The predicted molar refractivity (Wildman–Crippen MR) is 166 cm³/mol. The van der Waals surface area contributed by atoms with Crippen LogP contribution in [0.25, 0.3) is 11.1 Å². The third kappa shape index (κ3) is 6.93. The van der Waals surface area contributed by atoms with Gasteiger partial charge in [0.2, 0.25) is 0 Å². The first-order valence-electron chi connectivity index (χ1n) is 14.4. The van der Waals surface area contributed by atoms with Crippen LogP contribution in [-0.4, -0.2) is 51.3 Å². The number of aliphatic hydroxyl groups is 1. The van der Waals surface area contributed by atoms with E-state index in [0.29, 0.717) is 35.3 Å². The molecule has 0 aliphatic carbocycles.